The molecule has 0 aliphatic heterocycles. The Hall–Kier alpha value is -1.10. The molecule has 82 valence electrons. The molecule has 0 saturated heterocycles. The van der Waals surface area contributed by atoms with Crippen molar-refractivity contribution in [1.82, 2.24) is 10.6 Å². The Morgan fingerprint density at radius 2 is 1.93 bits per heavy atom. The molecule has 0 aliphatic rings. The summed E-state index contributed by atoms with van der Waals surface area (Å²) in [7, 11) is 3.15. The maximum Gasteiger partial charge on any atom is 0.305 e. The van der Waals surface area contributed by atoms with E-state index in [0.29, 0.717) is 32.4 Å². The predicted molar refractivity (Wildman–Crippen MR) is 52.8 cm³/mol. The molecule has 14 heavy (non-hydrogen) atoms. The quantitative estimate of drug-likeness (QED) is 0.438. The summed E-state index contributed by atoms with van der Waals surface area (Å²) in [5, 5.41) is 5.59. The van der Waals surface area contributed by atoms with Crippen LogP contribution in [-0.4, -0.2) is 39.1 Å². The third kappa shape index (κ3) is 7.54. The van der Waals surface area contributed by atoms with Crippen LogP contribution in [-0.2, 0) is 14.3 Å². The lowest BCUT2D eigenvalue weighted by Gasteiger charge is -2.03. The summed E-state index contributed by atoms with van der Waals surface area (Å²) in [4.78, 5) is 21.7. The zero-order valence-corrected chi connectivity index (χ0v) is 8.76. The van der Waals surface area contributed by atoms with Crippen LogP contribution in [0.1, 0.15) is 19.3 Å². The van der Waals surface area contributed by atoms with Gasteiger partial charge in [0.1, 0.15) is 0 Å². The minimum absolute atomic E-state index is 0.00390. The Morgan fingerprint density at radius 3 is 2.50 bits per heavy atom. The molecular weight excluding hydrogens is 184 g/mol. The lowest BCUT2D eigenvalue weighted by atomic mass is 10.3. The van der Waals surface area contributed by atoms with Crippen molar-refractivity contribution in [3.05, 3.63) is 0 Å². The van der Waals surface area contributed by atoms with Crippen LogP contribution in [0.25, 0.3) is 0 Å². The molecule has 0 bridgehead atoms. The second-order valence-electron chi connectivity index (χ2n) is 2.88. The molecular formula is C9H18N2O3. The van der Waals surface area contributed by atoms with E-state index in [-0.39, 0.29) is 11.9 Å². The third-order valence-electron chi connectivity index (χ3n) is 1.71. The molecule has 0 aromatic heterocycles. The van der Waals surface area contributed by atoms with Crippen molar-refractivity contribution < 1.29 is 14.3 Å². The van der Waals surface area contributed by atoms with Gasteiger partial charge >= 0.3 is 5.97 Å². The first kappa shape index (κ1) is 12.9. The Balaban J connectivity index is 3.27. The van der Waals surface area contributed by atoms with E-state index in [1.165, 1.54) is 7.11 Å². The van der Waals surface area contributed by atoms with Crippen LogP contribution >= 0.6 is 0 Å². The van der Waals surface area contributed by atoms with Crippen LogP contribution in [0, 0.1) is 0 Å². The van der Waals surface area contributed by atoms with E-state index >= 15 is 0 Å². The number of ether oxygens (including phenoxy) is 1. The number of hydrogen-bond acceptors (Lipinski definition) is 4. The summed E-state index contributed by atoms with van der Waals surface area (Å²) < 4.78 is 4.46. The Morgan fingerprint density at radius 1 is 1.21 bits per heavy atom. The molecule has 0 unspecified atom stereocenters. The van der Waals surface area contributed by atoms with Crippen LogP contribution in [0.2, 0.25) is 0 Å². The molecule has 0 rings (SSSR count). The second-order valence-corrected chi connectivity index (χ2v) is 2.88. The van der Waals surface area contributed by atoms with Gasteiger partial charge in [0.25, 0.3) is 0 Å². The molecule has 2 N–H and O–H groups in total. The first-order chi connectivity index (χ1) is 6.70. The minimum atomic E-state index is -0.241. The summed E-state index contributed by atoms with van der Waals surface area (Å²) in [5.41, 5.74) is 0. The van der Waals surface area contributed by atoms with Gasteiger partial charge in [-0.05, 0) is 13.5 Å². The number of carbonyl (C=O) groups excluding carboxylic acids is 2. The average molecular weight is 202 g/mol. The Kier molecular flexibility index (Phi) is 7.83. The molecule has 0 spiro atoms. The monoisotopic (exact) mass is 202 g/mol. The molecule has 0 aromatic rings. The smallest absolute Gasteiger partial charge is 0.305 e. The van der Waals surface area contributed by atoms with Crippen molar-refractivity contribution in [2.75, 3.05) is 27.2 Å². The van der Waals surface area contributed by atoms with Crippen LogP contribution in [0.3, 0.4) is 0 Å². The van der Waals surface area contributed by atoms with Crippen molar-refractivity contribution in [1.29, 1.82) is 0 Å². The summed E-state index contributed by atoms with van der Waals surface area (Å²) in [5.74, 6) is -0.237. The fourth-order valence-electron chi connectivity index (χ4n) is 0.890. The lowest BCUT2D eigenvalue weighted by molar-refractivity contribution is -0.140. The summed E-state index contributed by atoms with van der Waals surface area (Å²) in [6.07, 6.45) is 1.44. The fraction of sp³-hybridized carbons (Fsp3) is 0.778. The standard InChI is InChI=1S/C9H18N2O3/c1-10-7-5-8(12)11-6-3-4-9(13)14-2/h10H,3-7H2,1-2H3,(H,11,12). The first-order valence-electron chi connectivity index (χ1n) is 4.68. The van der Waals surface area contributed by atoms with Crippen LogP contribution < -0.4 is 10.6 Å². The number of carbonyl (C=O) groups is 2. The minimum Gasteiger partial charge on any atom is -0.469 e. The van der Waals surface area contributed by atoms with Crippen molar-refractivity contribution in [2.45, 2.75) is 19.3 Å². The second kappa shape index (κ2) is 8.50. The highest BCUT2D eigenvalue weighted by molar-refractivity contribution is 5.76. The number of methoxy groups -OCH3 is 1. The van der Waals surface area contributed by atoms with E-state index in [4.69, 9.17) is 0 Å². The topological polar surface area (TPSA) is 67.4 Å². The zero-order chi connectivity index (χ0) is 10.8. The van der Waals surface area contributed by atoms with Crippen LogP contribution in [0.4, 0.5) is 0 Å². The van der Waals surface area contributed by atoms with E-state index in [1.807, 2.05) is 0 Å². The molecule has 5 heteroatoms. The molecule has 0 radical (unpaired) electrons. The summed E-state index contributed by atoms with van der Waals surface area (Å²) >= 11 is 0. The first-order valence-corrected chi connectivity index (χ1v) is 4.68. The molecule has 0 aliphatic carbocycles. The highest BCUT2D eigenvalue weighted by Crippen LogP contribution is 1.89. The van der Waals surface area contributed by atoms with Gasteiger partial charge < -0.3 is 15.4 Å². The zero-order valence-electron chi connectivity index (χ0n) is 8.76. The van der Waals surface area contributed by atoms with E-state index in [9.17, 15) is 9.59 Å². The SMILES string of the molecule is CNCCC(=O)NCCCC(=O)OC. The van der Waals surface area contributed by atoms with Crippen molar-refractivity contribution in [3.8, 4) is 0 Å². The van der Waals surface area contributed by atoms with E-state index in [1.54, 1.807) is 7.05 Å². The Labute approximate surface area is 84.2 Å². The van der Waals surface area contributed by atoms with Gasteiger partial charge in [0.2, 0.25) is 5.91 Å². The van der Waals surface area contributed by atoms with Gasteiger partial charge in [0.05, 0.1) is 7.11 Å². The van der Waals surface area contributed by atoms with Gasteiger partial charge in [0.15, 0.2) is 0 Å². The van der Waals surface area contributed by atoms with Gasteiger partial charge in [-0.3, -0.25) is 9.59 Å². The number of nitrogens with one attached hydrogen (secondary N) is 2. The highest BCUT2D eigenvalue weighted by atomic mass is 16.5. The van der Waals surface area contributed by atoms with Crippen LogP contribution in [0.15, 0.2) is 0 Å². The molecule has 5 nitrogen and oxygen atoms in total. The largest absolute Gasteiger partial charge is 0.469 e. The third-order valence-corrected chi connectivity index (χ3v) is 1.71. The summed E-state index contributed by atoms with van der Waals surface area (Å²) in [6.45, 7) is 1.19. The summed E-state index contributed by atoms with van der Waals surface area (Å²) in [6, 6.07) is 0. The fourth-order valence-corrected chi connectivity index (χ4v) is 0.890. The predicted octanol–water partition coefficient (Wildman–Crippen LogP) is -0.335. The number of rotatable bonds is 7. The van der Waals surface area contributed by atoms with Gasteiger partial charge in [-0.15, -0.1) is 0 Å². The van der Waals surface area contributed by atoms with Crippen molar-refractivity contribution in [2.24, 2.45) is 0 Å². The normalized spacial score (nSPS) is 9.57. The Bertz CT molecular complexity index is 183. The average Bonchev–Trinajstić information content (AvgIpc) is 2.21. The van der Waals surface area contributed by atoms with Crippen molar-refractivity contribution in [3.63, 3.8) is 0 Å². The van der Waals surface area contributed by atoms with Gasteiger partial charge in [-0.2, -0.15) is 0 Å². The van der Waals surface area contributed by atoms with E-state index in [0.717, 1.165) is 0 Å². The molecule has 0 atom stereocenters. The molecule has 0 fully saturated rings. The van der Waals surface area contributed by atoms with Gasteiger partial charge in [-0.25, -0.2) is 0 Å². The van der Waals surface area contributed by atoms with Gasteiger partial charge in [0, 0.05) is 25.9 Å². The maximum atomic E-state index is 11.0. The van der Waals surface area contributed by atoms with Crippen molar-refractivity contribution >= 4 is 11.9 Å². The molecule has 0 aromatic carbocycles. The number of hydrogen-bond donors (Lipinski definition) is 2. The molecule has 0 saturated carbocycles. The number of esters is 1. The van der Waals surface area contributed by atoms with E-state index < -0.39 is 0 Å². The lowest BCUT2D eigenvalue weighted by Crippen LogP contribution is -2.27. The van der Waals surface area contributed by atoms with E-state index in [2.05, 4.69) is 15.4 Å². The molecule has 0 heterocycles. The van der Waals surface area contributed by atoms with Gasteiger partial charge in [-0.1, -0.05) is 0 Å². The maximum absolute atomic E-state index is 11.0. The molecule has 1 amide bonds. The number of amides is 1. The highest BCUT2D eigenvalue weighted by Gasteiger charge is 2.01. The van der Waals surface area contributed by atoms with Crippen LogP contribution in [0.5, 0.6) is 0 Å².